The second-order valence-corrected chi connectivity index (χ2v) is 4.40. The van der Waals surface area contributed by atoms with E-state index in [1.807, 2.05) is 13.0 Å². The van der Waals surface area contributed by atoms with Crippen molar-refractivity contribution in [3.63, 3.8) is 0 Å². The van der Waals surface area contributed by atoms with E-state index in [0.717, 1.165) is 22.5 Å². The number of carboxylic acids is 1. The van der Waals surface area contributed by atoms with E-state index in [1.54, 1.807) is 6.07 Å². The van der Waals surface area contributed by atoms with Gasteiger partial charge in [0.1, 0.15) is 5.15 Å². The number of aromatic amines is 1. The van der Waals surface area contributed by atoms with Gasteiger partial charge < -0.3 is 10.1 Å². The molecule has 2 rings (SSSR count). The number of fused-ring (bicyclic) bond motifs is 1. The van der Waals surface area contributed by atoms with Crippen molar-refractivity contribution >= 4 is 46.2 Å². The smallest absolute Gasteiger partial charge is 0.328 e. The molecule has 1 heterocycles. The largest absolute Gasteiger partial charge is 0.478 e. The molecule has 0 radical (unpaired) electrons. The molecule has 17 heavy (non-hydrogen) atoms. The summed E-state index contributed by atoms with van der Waals surface area (Å²) in [7, 11) is 0. The topological polar surface area (TPSA) is 53.1 Å². The Morgan fingerprint density at radius 1 is 1.41 bits per heavy atom. The van der Waals surface area contributed by atoms with Crippen LogP contribution in [0.4, 0.5) is 0 Å². The van der Waals surface area contributed by atoms with Crippen molar-refractivity contribution in [3.8, 4) is 0 Å². The molecule has 0 saturated carbocycles. The zero-order chi connectivity index (χ0) is 12.6. The molecule has 88 valence electrons. The number of carboxylic acid groups (broad SMARTS) is 1. The first-order valence-corrected chi connectivity index (χ1v) is 5.63. The molecule has 0 aliphatic carbocycles. The maximum atomic E-state index is 10.5. The van der Waals surface area contributed by atoms with Crippen LogP contribution in [0.25, 0.3) is 17.0 Å². The van der Waals surface area contributed by atoms with Crippen LogP contribution in [0.2, 0.25) is 10.2 Å². The number of hydrogen-bond donors (Lipinski definition) is 2. The van der Waals surface area contributed by atoms with Gasteiger partial charge in [-0.2, -0.15) is 0 Å². The zero-order valence-electron chi connectivity index (χ0n) is 8.92. The minimum absolute atomic E-state index is 0.405. The maximum Gasteiger partial charge on any atom is 0.328 e. The number of carbonyl (C=O) groups is 1. The molecule has 0 amide bonds. The molecule has 1 aromatic carbocycles. The summed E-state index contributed by atoms with van der Waals surface area (Å²) in [6.07, 6.45) is 2.52. The molecule has 2 aromatic rings. The molecule has 0 atom stereocenters. The number of aromatic nitrogens is 1. The highest BCUT2D eigenvalue weighted by molar-refractivity contribution is 6.34. The van der Waals surface area contributed by atoms with Crippen LogP contribution in [-0.4, -0.2) is 16.1 Å². The Bertz CT molecular complexity index is 629. The highest BCUT2D eigenvalue weighted by atomic mass is 35.5. The quantitative estimate of drug-likeness (QED) is 0.813. The first-order chi connectivity index (χ1) is 8.00. The summed E-state index contributed by atoms with van der Waals surface area (Å²) in [6, 6.07) is 3.58. The fourth-order valence-electron chi connectivity index (χ4n) is 1.68. The Hall–Kier alpha value is -1.45. The number of H-pyrrole nitrogens is 1. The Morgan fingerprint density at radius 3 is 2.76 bits per heavy atom. The minimum atomic E-state index is -1.01. The Labute approximate surface area is 108 Å². The number of nitrogens with one attached hydrogen (secondary N) is 1. The zero-order valence-corrected chi connectivity index (χ0v) is 10.4. The summed E-state index contributed by atoms with van der Waals surface area (Å²) < 4.78 is 0. The van der Waals surface area contributed by atoms with Crippen LogP contribution >= 0.6 is 23.2 Å². The van der Waals surface area contributed by atoms with Crippen LogP contribution in [0.15, 0.2) is 18.2 Å². The molecule has 2 N–H and O–H groups in total. The lowest BCUT2D eigenvalue weighted by Gasteiger charge is -1.99. The van der Waals surface area contributed by atoms with Crippen molar-refractivity contribution in [2.45, 2.75) is 6.92 Å². The van der Waals surface area contributed by atoms with Gasteiger partial charge in [0.05, 0.1) is 5.52 Å². The second-order valence-electron chi connectivity index (χ2n) is 3.62. The molecular formula is C12H9Cl2NO2. The van der Waals surface area contributed by atoms with Gasteiger partial charge in [-0.05, 0) is 24.6 Å². The number of aryl methyl sites for hydroxylation is 1. The lowest BCUT2D eigenvalue weighted by Crippen LogP contribution is -1.85. The van der Waals surface area contributed by atoms with Gasteiger partial charge in [0.2, 0.25) is 0 Å². The molecular weight excluding hydrogens is 261 g/mol. The van der Waals surface area contributed by atoms with Gasteiger partial charge in [-0.1, -0.05) is 29.3 Å². The molecule has 0 spiro atoms. The fraction of sp³-hybridized carbons (Fsp3) is 0.0833. The molecule has 0 saturated heterocycles. The van der Waals surface area contributed by atoms with Gasteiger partial charge in [0, 0.05) is 22.0 Å². The van der Waals surface area contributed by atoms with E-state index >= 15 is 0 Å². The van der Waals surface area contributed by atoms with E-state index in [-0.39, 0.29) is 0 Å². The molecule has 0 unspecified atom stereocenters. The van der Waals surface area contributed by atoms with Crippen LogP contribution < -0.4 is 0 Å². The van der Waals surface area contributed by atoms with E-state index in [0.29, 0.717) is 15.7 Å². The Balaban J connectivity index is 2.69. The van der Waals surface area contributed by atoms with Crippen LogP contribution in [0, 0.1) is 6.92 Å². The van der Waals surface area contributed by atoms with Crippen LogP contribution in [0.5, 0.6) is 0 Å². The Kier molecular flexibility index (Phi) is 3.13. The molecule has 0 aliphatic rings. The summed E-state index contributed by atoms with van der Waals surface area (Å²) in [4.78, 5) is 13.5. The lowest BCUT2D eigenvalue weighted by molar-refractivity contribution is -0.131. The first-order valence-electron chi connectivity index (χ1n) is 4.88. The van der Waals surface area contributed by atoms with Crippen LogP contribution in [0.3, 0.4) is 0 Å². The number of rotatable bonds is 2. The molecule has 0 aliphatic heterocycles. The predicted octanol–water partition coefficient (Wildman–Crippen LogP) is 3.88. The Morgan fingerprint density at radius 2 is 2.12 bits per heavy atom. The van der Waals surface area contributed by atoms with Crippen molar-refractivity contribution in [1.82, 2.24) is 4.98 Å². The van der Waals surface area contributed by atoms with Gasteiger partial charge in [-0.15, -0.1) is 0 Å². The molecule has 1 aromatic heterocycles. The van der Waals surface area contributed by atoms with E-state index in [4.69, 9.17) is 28.3 Å². The van der Waals surface area contributed by atoms with Crippen LogP contribution in [0.1, 0.15) is 11.1 Å². The van der Waals surface area contributed by atoms with Crippen molar-refractivity contribution in [2.75, 3.05) is 0 Å². The highest BCUT2D eigenvalue weighted by Gasteiger charge is 2.11. The average molecular weight is 270 g/mol. The second kappa shape index (κ2) is 4.43. The van der Waals surface area contributed by atoms with Crippen molar-refractivity contribution in [3.05, 3.63) is 39.5 Å². The third-order valence-electron chi connectivity index (χ3n) is 2.55. The summed E-state index contributed by atoms with van der Waals surface area (Å²) in [5.74, 6) is -1.01. The molecule has 3 nitrogen and oxygen atoms in total. The summed E-state index contributed by atoms with van der Waals surface area (Å²) >= 11 is 12.0. The van der Waals surface area contributed by atoms with Crippen molar-refractivity contribution in [1.29, 1.82) is 0 Å². The fourth-order valence-corrected chi connectivity index (χ4v) is 2.10. The number of hydrogen-bond acceptors (Lipinski definition) is 1. The summed E-state index contributed by atoms with van der Waals surface area (Å²) in [5.41, 5.74) is 2.37. The van der Waals surface area contributed by atoms with E-state index < -0.39 is 5.97 Å². The van der Waals surface area contributed by atoms with E-state index in [9.17, 15) is 4.79 Å². The summed E-state index contributed by atoms with van der Waals surface area (Å²) in [5, 5.41) is 10.5. The highest BCUT2D eigenvalue weighted by Crippen LogP contribution is 2.32. The van der Waals surface area contributed by atoms with E-state index in [2.05, 4.69) is 4.98 Å². The predicted molar refractivity (Wildman–Crippen MR) is 69.7 cm³/mol. The van der Waals surface area contributed by atoms with Gasteiger partial charge >= 0.3 is 5.97 Å². The van der Waals surface area contributed by atoms with Crippen molar-refractivity contribution < 1.29 is 9.90 Å². The minimum Gasteiger partial charge on any atom is -0.478 e. The normalized spacial score (nSPS) is 11.5. The average Bonchev–Trinajstić information content (AvgIpc) is 2.58. The third-order valence-corrected chi connectivity index (χ3v) is 3.26. The monoisotopic (exact) mass is 269 g/mol. The van der Waals surface area contributed by atoms with Gasteiger partial charge in [-0.25, -0.2) is 4.79 Å². The third kappa shape index (κ3) is 2.16. The number of halogens is 2. The van der Waals surface area contributed by atoms with Gasteiger partial charge in [0.25, 0.3) is 0 Å². The lowest BCUT2D eigenvalue weighted by atomic mass is 10.1. The SMILES string of the molecule is Cc1c(Cl)ccc2c(/C=C/C(=O)O)c(Cl)[nH]c12. The van der Waals surface area contributed by atoms with Crippen LogP contribution in [-0.2, 0) is 4.79 Å². The standard InChI is InChI=1S/C12H9Cl2NO2/c1-6-9(13)4-2-7-8(3-5-10(16)17)12(14)15-11(6)7/h2-5,15H,1H3,(H,16,17)/b5-3+. The molecule has 0 fully saturated rings. The van der Waals surface area contributed by atoms with Gasteiger partial charge in [-0.3, -0.25) is 0 Å². The molecule has 5 heteroatoms. The number of benzene rings is 1. The van der Waals surface area contributed by atoms with Gasteiger partial charge in [0.15, 0.2) is 0 Å². The maximum absolute atomic E-state index is 10.5. The first kappa shape index (κ1) is 12.0. The molecule has 0 bridgehead atoms. The number of aliphatic carboxylic acids is 1. The van der Waals surface area contributed by atoms with Crippen molar-refractivity contribution in [2.24, 2.45) is 0 Å². The summed E-state index contributed by atoms with van der Waals surface area (Å²) in [6.45, 7) is 1.88. The van der Waals surface area contributed by atoms with E-state index in [1.165, 1.54) is 6.08 Å².